The number of nitrogens with zero attached hydrogens (tertiary/aromatic N) is 1. The smallest absolute Gasteiger partial charge is 0.264 e. The van der Waals surface area contributed by atoms with Crippen LogP contribution in [0.1, 0.15) is 28.3 Å². The highest BCUT2D eigenvalue weighted by Gasteiger charge is 2.30. The van der Waals surface area contributed by atoms with Crippen molar-refractivity contribution in [1.82, 2.24) is 5.32 Å². The van der Waals surface area contributed by atoms with E-state index in [0.717, 1.165) is 21.0 Å². The van der Waals surface area contributed by atoms with E-state index in [4.69, 9.17) is 11.6 Å². The predicted octanol–water partition coefficient (Wildman–Crippen LogP) is 6.06. The molecule has 4 aromatic carbocycles. The van der Waals surface area contributed by atoms with Crippen LogP contribution >= 0.6 is 11.6 Å². The molecule has 184 valence electrons. The monoisotopic (exact) mass is 518 g/mol. The molecule has 5 nitrogen and oxygen atoms in total. The number of hydrogen-bond acceptors (Lipinski definition) is 3. The van der Waals surface area contributed by atoms with Crippen LogP contribution in [0.5, 0.6) is 0 Å². The molecule has 0 heterocycles. The number of sulfonamides is 1. The third-order valence-corrected chi connectivity index (χ3v) is 8.25. The first kappa shape index (κ1) is 25.5. The summed E-state index contributed by atoms with van der Waals surface area (Å²) in [6.07, 6.45) is 0. The SMILES string of the molecule is Cc1ccccc1[C@H](NC(=O)CN(c1cccc(Cl)c1C)S(=O)(=O)c1ccccc1)c1ccccc1. The number of aryl methyl sites for hydroxylation is 1. The molecule has 0 saturated carbocycles. The van der Waals surface area contributed by atoms with Crippen LogP contribution in [0.2, 0.25) is 5.02 Å². The highest BCUT2D eigenvalue weighted by atomic mass is 35.5. The van der Waals surface area contributed by atoms with Crippen molar-refractivity contribution in [2.45, 2.75) is 24.8 Å². The number of rotatable bonds is 8. The Labute approximate surface area is 217 Å². The second-order valence-electron chi connectivity index (χ2n) is 8.48. The van der Waals surface area contributed by atoms with E-state index < -0.39 is 28.5 Å². The highest BCUT2D eigenvalue weighted by Crippen LogP contribution is 2.31. The lowest BCUT2D eigenvalue weighted by Gasteiger charge is -2.28. The summed E-state index contributed by atoms with van der Waals surface area (Å²) in [4.78, 5) is 13.6. The third-order valence-electron chi connectivity index (χ3n) is 6.06. The first-order chi connectivity index (χ1) is 17.3. The fourth-order valence-corrected chi connectivity index (χ4v) is 5.79. The van der Waals surface area contributed by atoms with Gasteiger partial charge in [0, 0.05) is 5.02 Å². The third kappa shape index (κ3) is 5.45. The zero-order valence-corrected chi connectivity index (χ0v) is 21.6. The van der Waals surface area contributed by atoms with Crippen molar-refractivity contribution < 1.29 is 13.2 Å². The van der Waals surface area contributed by atoms with Gasteiger partial charge in [-0.1, -0.05) is 90.5 Å². The topological polar surface area (TPSA) is 66.5 Å². The lowest BCUT2D eigenvalue weighted by molar-refractivity contribution is -0.120. The van der Waals surface area contributed by atoms with Gasteiger partial charge >= 0.3 is 0 Å². The van der Waals surface area contributed by atoms with Crippen LogP contribution in [0, 0.1) is 13.8 Å². The van der Waals surface area contributed by atoms with Crippen LogP contribution < -0.4 is 9.62 Å². The zero-order chi connectivity index (χ0) is 25.7. The van der Waals surface area contributed by atoms with E-state index in [9.17, 15) is 13.2 Å². The number of halogens is 1. The fraction of sp³-hybridized carbons (Fsp3) is 0.138. The Bertz CT molecular complexity index is 1460. The van der Waals surface area contributed by atoms with Gasteiger partial charge in [0.2, 0.25) is 5.91 Å². The van der Waals surface area contributed by atoms with E-state index in [1.807, 2.05) is 61.5 Å². The fourth-order valence-electron chi connectivity index (χ4n) is 4.12. The molecule has 0 fully saturated rings. The van der Waals surface area contributed by atoms with E-state index in [0.29, 0.717) is 16.3 Å². The Hall–Kier alpha value is -3.61. The van der Waals surface area contributed by atoms with E-state index in [2.05, 4.69) is 5.32 Å². The summed E-state index contributed by atoms with van der Waals surface area (Å²) >= 11 is 6.33. The average molecular weight is 519 g/mol. The van der Waals surface area contributed by atoms with Gasteiger partial charge in [-0.2, -0.15) is 0 Å². The molecule has 4 rings (SSSR count). The van der Waals surface area contributed by atoms with Crippen LogP contribution in [0.3, 0.4) is 0 Å². The summed E-state index contributed by atoms with van der Waals surface area (Å²) in [5.74, 6) is -0.439. The summed E-state index contributed by atoms with van der Waals surface area (Å²) in [6.45, 7) is 3.32. The zero-order valence-electron chi connectivity index (χ0n) is 20.1. The average Bonchev–Trinajstić information content (AvgIpc) is 2.89. The number of carbonyl (C=O) groups is 1. The minimum absolute atomic E-state index is 0.0932. The molecule has 4 aromatic rings. The quantitative estimate of drug-likeness (QED) is 0.308. The van der Waals surface area contributed by atoms with Crippen molar-refractivity contribution in [3.63, 3.8) is 0 Å². The van der Waals surface area contributed by atoms with Crippen molar-refractivity contribution in [2.75, 3.05) is 10.8 Å². The molecule has 0 aliphatic heterocycles. The molecule has 0 aliphatic carbocycles. The van der Waals surface area contributed by atoms with Crippen molar-refractivity contribution in [3.8, 4) is 0 Å². The van der Waals surface area contributed by atoms with Gasteiger partial charge in [0.15, 0.2) is 0 Å². The summed E-state index contributed by atoms with van der Waals surface area (Å²) < 4.78 is 28.6. The van der Waals surface area contributed by atoms with Crippen molar-refractivity contribution in [3.05, 3.63) is 130 Å². The Balaban J connectivity index is 1.73. The van der Waals surface area contributed by atoms with Crippen LogP contribution in [0.15, 0.2) is 108 Å². The normalized spacial score (nSPS) is 12.1. The van der Waals surface area contributed by atoms with Gasteiger partial charge in [0.1, 0.15) is 6.54 Å². The maximum Gasteiger partial charge on any atom is 0.264 e. The molecular weight excluding hydrogens is 492 g/mol. The summed E-state index contributed by atoms with van der Waals surface area (Å²) in [5.41, 5.74) is 3.79. The first-order valence-electron chi connectivity index (χ1n) is 11.5. The Morgan fingerprint density at radius 1 is 0.833 bits per heavy atom. The van der Waals surface area contributed by atoms with Gasteiger partial charge in [-0.25, -0.2) is 8.42 Å². The molecule has 1 N–H and O–H groups in total. The molecule has 0 aliphatic rings. The number of nitrogens with one attached hydrogen (secondary N) is 1. The van der Waals surface area contributed by atoms with Gasteiger partial charge in [-0.3, -0.25) is 9.10 Å². The number of amides is 1. The molecule has 1 amide bonds. The first-order valence-corrected chi connectivity index (χ1v) is 13.3. The maximum atomic E-state index is 13.7. The summed E-state index contributed by atoms with van der Waals surface area (Å²) in [6, 6.07) is 30.1. The summed E-state index contributed by atoms with van der Waals surface area (Å²) in [5, 5.41) is 3.49. The Morgan fingerprint density at radius 2 is 1.44 bits per heavy atom. The Kier molecular flexibility index (Phi) is 7.77. The van der Waals surface area contributed by atoms with Crippen LogP contribution in [0.25, 0.3) is 0 Å². The summed E-state index contributed by atoms with van der Waals surface area (Å²) in [7, 11) is -4.05. The largest absolute Gasteiger partial charge is 0.344 e. The molecule has 0 saturated heterocycles. The highest BCUT2D eigenvalue weighted by molar-refractivity contribution is 7.92. The lowest BCUT2D eigenvalue weighted by Crippen LogP contribution is -2.42. The van der Waals surface area contributed by atoms with Crippen LogP contribution in [-0.4, -0.2) is 20.9 Å². The molecule has 0 spiro atoms. The van der Waals surface area contributed by atoms with Crippen LogP contribution in [0.4, 0.5) is 5.69 Å². The second-order valence-corrected chi connectivity index (χ2v) is 10.7. The van der Waals surface area contributed by atoms with Gasteiger partial charge in [-0.15, -0.1) is 0 Å². The molecule has 1 atom stereocenters. The van der Waals surface area contributed by atoms with E-state index in [-0.39, 0.29) is 4.90 Å². The van der Waals surface area contributed by atoms with Crippen molar-refractivity contribution in [1.29, 1.82) is 0 Å². The van der Waals surface area contributed by atoms with Gasteiger partial charge < -0.3 is 5.32 Å². The molecule has 0 aromatic heterocycles. The maximum absolute atomic E-state index is 13.7. The Morgan fingerprint density at radius 3 is 2.11 bits per heavy atom. The lowest BCUT2D eigenvalue weighted by atomic mass is 9.95. The molecule has 0 radical (unpaired) electrons. The predicted molar refractivity (Wildman–Crippen MR) is 145 cm³/mol. The number of hydrogen-bond donors (Lipinski definition) is 1. The minimum atomic E-state index is -4.05. The number of anilines is 1. The van der Waals surface area contributed by atoms with Crippen molar-refractivity contribution in [2.24, 2.45) is 0 Å². The molecule has 7 heteroatoms. The molecule has 0 unspecified atom stereocenters. The molecule has 36 heavy (non-hydrogen) atoms. The van der Waals surface area contributed by atoms with Gasteiger partial charge in [-0.05, 0) is 60.4 Å². The van der Waals surface area contributed by atoms with Gasteiger partial charge in [0.05, 0.1) is 16.6 Å². The molecular formula is C29H27ClN2O3S. The second kappa shape index (κ2) is 11.0. The standard InChI is InChI=1S/C29H27ClN2O3S/c1-21-12-9-10-17-25(21)29(23-13-5-3-6-14-23)31-28(33)20-32(27-19-11-18-26(30)22(27)2)36(34,35)24-15-7-4-8-16-24/h3-19,29H,20H2,1-2H3,(H,31,33)/t29-/m1/s1. The number of benzene rings is 4. The van der Waals surface area contributed by atoms with E-state index >= 15 is 0 Å². The number of carbonyl (C=O) groups excluding carboxylic acids is 1. The van der Waals surface area contributed by atoms with E-state index in [1.54, 1.807) is 43.3 Å². The molecule has 0 bridgehead atoms. The van der Waals surface area contributed by atoms with Gasteiger partial charge in [0.25, 0.3) is 10.0 Å². The van der Waals surface area contributed by atoms with Crippen molar-refractivity contribution >= 4 is 33.2 Å². The van der Waals surface area contributed by atoms with E-state index in [1.165, 1.54) is 12.1 Å². The minimum Gasteiger partial charge on any atom is -0.344 e. The van der Waals surface area contributed by atoms with Crippen LogP contribution in [-0.2, 0) is 14.8 Å².